The summed E-state index contributed by atoms with van der Waals surface area (Å²) in [5.74, 6) is -1.61. The molecular weight excluding hydrogens is 527 g/mol. The Bertz CT molecular complexity index is 1450. The van der Waals surface area contributed by atoms with Crippen LogP contribution in [0, 0.1) is 45.3 Å². The van der Waals surface area contributed by atoms with Gasteiger partial charge in [0.05, 0.1) is 23.4 Å². The van der Waals surface area contributed by atoms with Crippen molar-refractivity contribution in [1.29, 1.82) is 15.8 Å². The summed E-state index contributed by atoms with van der Waals surface area (Å²) in [6.45, 7) is 1.07. The number of nitrogens with zero attached hydrogens (tertiary/aromatic N) is 4. The van der Waals surface area contributed by atoms with E-state index in [0.29, 0.717) is 39.8 Å². The van der Waals surface area contributed by atoms with Crippen molar-refractivity contribution >= 4 is 46.4 Å². The second-order valence-corrected chi connectivity index (χ2v) is 10.1. The fourth-order valence-electron chi connectivity index (χ4n) is 4.96. The third-order valence-corrected chi connectivity index (χ3v) is 7.36. The van der Waals surface area contributed by atoms with Crippen LogP contribution in [0.4, 0.5) is 0 Å². The number of nitrogens with one attached hydrogen (secondary N) is 2. The van der Waals surface area contributed by atoms with E-state index < -0.39 is 17.2 Å². The first-order valence-electron chi connectivity index (χ1n) is 11.2. The zero-order chi connectivity index (χ0) is 26.7. The molecule has 7 nitrogen and oxygen atoms in total. The lowest BCUT2D eigenvalue weighted by molar-refractivity contribution is 0.0976. The normalized spacial score (nSPS) is 20.4. The number of hydrogen-bond donors (Lipinski definition) is 2. The van der Waals surface area contributed by atoms with Crippen molar-refractivity contribution in [3.05, 3.63) is 92.6 Å². The molecule has 37 heavy (non-hydrogen) atoms. The van der Waals surface area contributed by atoms with E-state index >= 15 is 0 Å². The molecule has 2 atom stereocenters. The van der Waals surface area contributed by atoms with Crippen LogP contribution in [0.1, 0.15) is 21.8 Å². The highest BCUT2D eigenvalue weighted by Crippen LogP contribution is 2.56. The minimum absolute atomic E-state index is 0.0152. The second kappa shape index (κ2) is 10.7. The van der Waals surface area contributed by atoms with Gasteiger partial charge in [-0.3, -0.25) is 10.1 Å². The first-order valence-corrected chi connectivity index (χ1v) is 12.4. The Morgan fingerprint density at radius 2 is 1.84 bits per heavy atom. The van der Waals surface area contributed by atoms with Crippen LogP contribution in [0.3, 0.4) is 0 Å². The van der Waals surface area contributed by atoms with Crippen molar-refractivity contribution < 1.29 is 4.79 Å². The Morgan fingerprint density at radius 3 is 2.46 bits per heavy atom. The standard InChI is InChI=1S/C27H20Cl2N6OS/c1-35-10-9-18-20(12-30)24(33-26(37)34-25(36)16-5-3-2-4-6-16)27(14-31,15-32)23(21(18)13-35)19-8-7-17(28)11-22(19)29/h2-9,11,21,23H,10,13H2,1H3,(H2,33,34,36,37)/t21-,23-/m0/s1. The maximum Gasteiger partial charge on any atom is 0.257 e. The summed E-state index contributed by atoms with van der Waals surface area (Å²) in [6, 6.07) is 19.9. The fourth-order valence-corrected chi connectivity index (χ4v) is 5.68. The van der Waals surface area contributed by atoms with Crippen LogP contribution in [0.25, 0.3) is 0 Å². The van der Waals surface area contributed by atoms with Crippen LogP contribution in [-0.4, -0.2) is 36.1 Å². The number of hydrogen-bond acceptors (Lipinski definition) is 6. The maximum absolute atomic E-state index is 12.7. The van der Waals surface area contributed by atoms with E-state index in [-0.39, 0.29) is 22.3 Å². The summed E-state index contributed by atoms with van der Waals surface area (Å²) in [5, 5.41) is 37.3. The molecule has 0 saturated carbocycles. The number of rotatable bonds is 3. The van der Waals surface area contributed by atoms with Crippen molar-refractivity contribution in [2.75, 3.05) is 20.1 Å². The number of allylic oxidation sites excluding steroid dienone is 2. The third kappa shape index (κ3) is 4.83. The summed E-state index contributed by atoms with van der Waals surface area (Å²) < 4.78 is 0. The largest absolute Gasteiger partial charge is 0.332 e. The lowest BCUT2D eigenvalue weighted by Crippen LogP contribution is -2.51. The molecule has 2 aromatic rings. The molecule has 0 fully saturated rings. The van der Waals surface area contributed by atoms with Crippen molar-refractivity contribution in [3.8, 4) is 18.2 Å². The third-order valence-electron chi connectivity index (χ3n) is 6.60. The molecule has 0 saturated heterocycles. The van der Waals surface area contributed by atoms with Gasteiger partial charge in [0.2, 0.25) is 0 Å². The van der Waals surface area contributed by atoms with Gasteiger partial charge in [-0.2, -0.15) is 15.8 Å². The van der Waals surface area contributed by atoms with Gasteiger partial charge in [0.25, 0.3) is 5.91 Å². The molecule has 2 aliphatic rings. The highest BCUT2D eigenvalue weighted by Gasteiger charge is 2.56. The number of amides is 1. The van der Waals surface area contributed by atoms with Crippen LogP contribution in [0.2, 0.25) is 10.0 Å². The Balaban J connectivity index is 1.86. The van der Waals surface area contributed by atoms with Crippen molar-refractivity contribution in [3.63, 3.8) is 0 Å². The lowest BCUT2D eigenvalue weighted by atomic mass is 9.58. The maximum atomic E-state index is 12.7. The fraction of sp³-hybridized carbons (Fsp3) is 0.222. The molecule has 0 aromatic heterocycles. The molecule has 0 bridgehead atoms. The number of carbonyl (C=O) groups excluding carboxylic acids is 1. The van der Waals surface area contributed by atoms with Gasteiger partial charge in [0, 0.05) is 40.5 Å². The summed E-state index contributed by atoms with van der Waals surface area (Å²) in [6.07, 6.45) is 1.91. The van der Waals surface area contributed by atoms with Gasteiger partial charge in [-0.05, 0) is 54.7 Å². The minimum Gasteiger partial charge on any atom is -0.332 e. The Kier molecular flexibility index (Phi) is 7.64. The van der Waals surface area contributed by atoms with Gasteiger partial charge in [-0.25, -0.2) is 0 Å². The van der Waals surface area contributed by atoms with E-state index in [0.717, 1.165) is 0 Å². The van der Waals surface area contributed by atoms with E-state index in [1.54, 1.807) is 48.5 Å². The molecule has 0 radical (unpaired) electrons. The molecule has 1 aliphatic carbocycles. The van der Waals surface area contributed by atoms with E-state index in [4.69, 9.17) is 35.4 Å². The summed E-state index contributed by atoms with van der Waals surface area (Å²) in [4.78, 5) is 14.7. The van der Waals surface area contributed by atoms with E-state index in [2.05, 4.69) is 28.8 Å². The quantitative estimate of drug-likeness (QED) is 0.536. The monoisotopic (exact) mass is 546 g/mol. The molecule has 1 heterocycles. The summed E-state index contributed by atoms with van der Waals surface area (Å²) in [5.41, 5.74) is -0.0846. The second-order valence-electron chi connectivity index (χ2n) is 8.80. The Hall–Kier alpha value is -3.71. The van der Waals surface area contributed by atoms with Gasteiger partial charge in [0.1, 0.15) is 6.07 Å². The number of thiocarbonyl (C=S) groups is 1. The van der Waals surface area contributed by atoms with Crippen LogP contribution >= 0.6 is 35.4 Å². The minimum atomic E-state index is -1.87. The molecule has 2 aromatic carbocycles. The van der Waals surface area contributed by atoms with E-state index in [9.17, 15) is 20.6 Å². The Labute approximate surface area is 230 Å². The highest BCUT2D eigenvalue weighted by molar-refractivity contribution is 7.80. The number of carbonyl (C=O) groups is 1. The average molecular weight is 547 g/mol. The number of likely N-dealkylation sites (N-methyl/N-ethyl adjacent to an activating group) is 1. The van der Waals surface area contributed by atoms with Crippen LogP contribution in [0.15, 0.2) is 71.5 Å². The molecule has 0 spiro atoms. The van der Waals surface area contributed by atoms with Gasteiger partial charge in [-0.1, -0.05) is 53.5 Å². The van der Waals surface area contributed by atoms with Crippen molar-refractivity contribution in [2.24, 2.45) is 11.3 Å². The predicted octanol–water partition coefficient (Wildman–Crippen LogP) is 4.69. The lowest BCUT2D eigenvalue weighted by Gasteiger charge is -2.46. The molecule has 184 valence electrons. The molecular formula is C27H20Cl2N6OS. The molecule has 0 unspecified atom stereocenters. The highest BCUT2D eigenvalue weighted by atomic mass is 35.5. The number of benzene rings is 2. The molecule has 4 rings (SSSR count). The Morgan fingerprint density at radius 1 is 1.14 bits per heavy atom. The molecule has 1 aliphatic heterocycles. The van der Waals surface area contributed by atoms with Gasteiger partial charge in [0.15, 0.2) is 10.5 Å². The zero-order valence-corrected chi connectivity index (χ0v) is 22.0. The SMILES string of the molecule is CN1CC=C2C(C#N)=C(NC(=S)NC(=O)c3ccccc3)C(C#N)(C#N)[C@@H](c3ccc(Cl)cc3Cl)[C@H]2C1. The first kappa shape index (κ1) is 26.4. The topological polar surface area (TPSA) is 116 Å². The number of nitriles is 3. The predicted molar refractivity (Wildman–Crippen MR) is 144 cm³/mol. The van der Waals surface area contributed by atoms with Crippen LogP contribution in [-0.2, 0) is 0 Å². The van der Waals surface area contributed by atoms with Gasteiger partial charge >= 0.3 is 0 Å². The molecule has 10 heteroatoms. The number of fused-ring (bicyclic) bond motifs is 1. The summed E-state index contributed by atoms with van der Waals surface area (Å²) in [7, 11) is 1.92. The smallest absolute Gasteiger partial charge is 0.257 e. The first-order chi connectivity index (χ1) is 17.7. The van der Waals surface area contributed by atoms with Crippen molar-refractivity contribution in [1.82, 2.24) is 15.5 Å². The average Bonchev–Trinajstić information content (AvgIpc) is 2.89. The summed E-state index contributed by atoms with van der Waals surface area (Å²) >= 11 is 18.2. The van der Waals surface area contributed by atoms with Crippen LogP contribution in [0.5, 0.6) is 0 Å². The molecule has 1 amide bonds. The van der Waals surface area contributed by atoms with Gasteiger partial charge in [-0.15, -0.1) is 0 Å². The van der Waals surface area contributed by atoms with E-state index in [1.165, 1.54) is 0 Å². The number of halogens is 2. The zero-order valence-electron chi connectivity index (χ0n) is 19.6. The molecule has 2 N–H and O–H groups in total. The van der Waals surface area contributed by atoms with Crippen LogP contribution < -0.4 is 10.6 Å². The van der Waals surface area contributed by atoms with E-state index in [1.807, 2.05) is 18.0 Å². The van der Waals surface area contributed by atoms with Crippen molar-refractivity contribution in [2.45, 2.75) is 5.92 Å². The van der Waals surface area contributed by atoms with Gasteiger partial charge < -0.3 is 10.2 Å².